The molecule has 0 saturated carbocycles. The number of nitro benzene ring substituents is 1. The molecular formula is C25H29N3O7. The first-order chi connectivity index (χ1) is 16.8. The van der Waals surface area contributed by atoms with Gasteiger partial charge in [0.25, 0.3) is 0 Å². The zero-order valence-electron chi connectivity index (χ0n) is 20.2. The van der Waals surface area contributed by atoms with E-state index in [0.717, 1.165) is 11.1 Å². The Kier molecular flexibility index (Phi) is 8.30. The zero-order chi connectivity index (χ0) is 25.5. The van der Waals surface area contributed by atoms with Crippen molar-refractivity contribution in [1.82, 2.24) is 10.6 Å². The Morgan fingerprint density at radius 1 is 1.20 bits per heavy atom. The van der Waals surface area contributed by atoms with E-state index in [0.29, 0.717) is 24.1 Å². The summed E-state index contributed by atoms with van der Waals surface area (Å²) < 4.78 is 16.5. The summed E-state index contributed by atoms with van der Waals surface area (Å²) in [5, 5.41) is 17.4. The predicted molar refractivity (Wildman–Crippen MR) is 128 cm³/mol. The number of allylic oxidation sites excluding steroid dienone is 1. The monoisotopic (exact) mass is 483 g/mol. The zero-order valence-corrected chi connectivity index (χ0v) is 20.2. The Morgan fingerprint density at radius 3 is 2.60 bits per heavy atom. The maximum Gasteiger partial charge on any atom is 0.338 e. The summed E-state index contributed by atoms with van der Waals surface area (Å²) in [5.74, 6) is -0.553. The molecule has 0 saturated heterocycles. The normalized spacial score (nSPS) is 15.2. The number of nitrogens with zero attached hydrogens (tertiary/aromatic N) is 1. The molecule has 1 aliphatic rings. The number of rotatable bonds is 10. The van der Waals surface area contributed by atoms with E-state index in [-0.39, 0.29) is 36.0 Å². The minimum atomic E-state index is -0.970. The van der Waals surface area contributed by atoms with Gasteiger partial charge in [-0.3, -0.25) is 10.1 Å². The maximum absolute atomic E-state index is 12.8. The highest BCUT2D eigenvalue weighted by molar-refractivity contribution is 5.95. The molecule has 1 aliphatic heterocycles. The summed E-state index contributed by atoms with van der Waals surface area (Å²) >= 11 is 0. The van der Waals surface area contributed by atoms with E-state index < -0.39 is 23.0 Å². The van der Waals surface area contributed by atoms with E-state index in [9.17, 15) is 19.7 Å². The number of methoxy groups -OCH3 is 1. The largest absolute Gasteiger partial charge is 0.493 e. The third-order valence-electron chi connectivity index (χ3n) is 5.42. The molecule has 2 N–H and O–H groups in total. The van der Waals surface area contributed by atoms with Crippen molar-refractivity contribution in [2.24, 2.45) is 0 Å². The number of nitrogens with one attached hydrogen (secondary N) is 2. The number of amides is 2. The summed E-state index contributed by atoms with van der Waals surface area (Å²) in [7, 11) is 1.37. The van der Waals surface area contributed by atoms with Crippen LogP contribution in [-0.4, -0.2) is 30.6 Å². The second-order valence-corrected chi connectivity index (χ2v) is 8.00. The molecule has 0 fully saturated rings. The van der Waals surface area contributed by atoms with Gasteiger partial charge in [-0.2, -0.15) is 0 Å². The number of carbonyl (C=O) groups excluding carboxylic acids is 2. The van der Waals surface area contributed by atoms with Crippen LogP contribution < -0.4 is 20.1 Å². The van der Waals surface area contributed by atoms with Crippen LogP contribution in [0.25, 0.3) is 0 Å². The topological polar surface area (TPSA) is 129 Å². The van der Waals surface area contributed by atoms with E-state index in [4.69, 9.17) is 14.2 Å². The van der Waals surface area contributed by atoms with E-state index in [1.165, 1.54) is 19.2 Å². The Balaban J connectivity index is 2.08. The minimum Gasteiger partial charge on any atom is -0.493 e. The van der Waals surface area contributed by atoms with E-state index in [2.05, 4.69) is 10.6 Å². The fourth-order valence-corrected chi connectivity index (χ4v) is 3.93. The average Bonchev–Trinajstić information content (AvgIpc) is 2.82. The Hall–Kier alpha value is -4.08. The molecular weight excluding hydrogens is 454 g/mol. The molecule has 2 aromatic rings. The van der Waals surface area contributed by atoms with Crippen molar-refractivity contribution in [1.29, 1.82) is 0 Å². The molecule has 0 aromatic heterocycles. The van der Waals surface area contributed by atoms with Gasteiger partial charge in [0.05, 0.1) is 30.3 Å². The molecule has 10 nitrogen and oxygen atoms in total. The number of benzene rings is 2. The lowest BCUT2D eigenvalue weighted by atomic mass is 9.93. The van der Waals surface area contributed by atoms with Gasteiger partial charge >= 0.3 is 17.7 Å². The highest BCUT2D eigenvalue weighted by Crippen LogP contribution is 2.42. The van der Waals surface area contributed by atoms with Crippen LogP contribution in [0.1, 0.15) is 49.4 Å². The smallest absolute Gasteiger partial charge is 0.338 e. The number of urea groups is 1. The van der Waals surface area contributed by atoms with Crippen LogP contribution in [0.15, 0.2) is 47.7 Å². The third-order valence-corrected chi connectivity index (χ3v) is 5.42. The summed E-state index contributed by atoms with van der Waals surface area (Å²) in [4.78, 5) is 36.7. The van der Waals surface area contributed by atoms with Crippen LogP contribution in [0.3, 0.4) is 0 Å². The molecule has 0 radical (unpaired) electrons. The molecule has 2 amide bonds. The molecule has 186 valence electrons. The van der Waals surface area contributed by atoms with Gasteiger partial charge in [0, 0.05) is 11.8 Å². The molecule has 1 heterocycles. The SMILES string of the molecule is CCCC1=C(C(=O)OCC)C(c2cc(OC)c(OCc3cccc(C)c3)c([N+](=O)[O-])c2)NC(=O)N1. The van der Waals surface area contributed by atoms with Crippen molar-refractivity contribution in [3.8, 4) is 11.5 Å². The summed E-state index contributed by atoms with van der Waals surface area (Å²) in [6, 6.07) is 8.91. The highest BCUT2D eigenvalue weighted by Gasteiger charge is 2.35. The summed E-state index contributed by atoms with van der Waals surface area (Å²) in [6.45, 7) is 5.76. The molecule has 3 rings (SSSR count). The molecule has 0 spiro atoms. The average molecular weight is 484 g/mol. The van der Waals surface area contributed by atoms with Crippen LogP contribution in [0.2, 0.25) is 0 Å². The third kappa shape index (κ3) is 5.89. The molecule has 10 heteroatoms. The fraction of sp³-hybridized carbons (Fsp3) is 0.360. The van der Waals surface area contributed by atoms with Crippen LogP contribution in [0.4, 0.5) is 10.5 Å². The minimum absolute atomic E-state index is 0.0431. The van der Waals surface area contributed by atoms with Crippen molar-refractivity contribution in [2.45, 2.75) is 46.3 Å². The first-order valence-corrected chi connectivity index (χ1v) is 11.3. The molecule has 1 atom stereocenters. The summed E-state index contributed by atoms with van der Waals surface area (Å²) in [5.41, 5.74) is 2.43. The van der Waals surface area contributed by atoms with Gasteiger partial charge in [0.2, 0.25) is 5.75 Å². The predicted octanol–water partition coefficient (Wildman–Crippen LogP) is 4.46. The number of aryl methyl sites for hydroxylation is 1. The lowest BCUT2D eigenvalue weighted by Crippen LogP contribution is -2.46. The fourth-order valence-electron chi connectivity index (χ4n) is 3.93. The molecule has 0 aliphatic carbocycles. The van der Waals surface area contributed by atoms with Crippen LogP contribution in [-0.2, 0) is 16.1 Å². The number of carbonyl (C=O) groups is 2. The van der Waals surface area contributed by atoms with Crippen molar-refractivity contribution < 1.29 is 28.7 Å². The van der Waals surface area contributed by atoms with E-state index >= 15 is 0 Å². The molecule has 0 bridgehead atoms. The lowest BCUT2D eigenvalue weighted by Gasteiger charge is -2.29. The number of nitro groups is 1. The summed E-state index contributed by atoms with van der Waals surface area (Å²) in [6.07, 6.45) is 1.09. The standard InChI is InChI=1S/C25H29N3O7/c1-5-8-18-21(24(29)34-6-2)22(27-25(30)26-18)17-12-19(28(31)32)23(20(13-17)33-4)35-14-16-10-7-9-15(3)11-16/h7,9-13,22H,5-6,8,14H2,1-4H3,(H2,26,27,30). The quantitative estimate of drug-likeness (QED) is 0.290. The Bertz CT molecular complexity index is 1160. The van der Waals surface area contributed by atoms with Gasteiger partial charge < -0.3 is 24.8 Å². The van der Waals surface area contributed by atoms with E-state index in [1.54, 1.807) is 6.92 Å². The lowest BCUT2D eigenvalue weighted by molar-refractivity contribution is -0.386. The van der Waals surface area contributed by atoms with Crippen LogP contribution in [0.5, 0.6) is 11.5 Å². The number of esters is 1. The number of hydrogen-bond acceptors (Lipinski definition) is 7. The van der Waals surface area contributed by atoms with Crippen molar-refractivity contribution in [3.63, 3.8) is 0 Å². The second kappa shape index (κ2) is 11.4. The Morgan fingerprint density at radius 2 is 1.97 bits per heavy atom. The number of ether oxygens (including phenoxy) is 3. The number of hydrogen-bond donors (Lipinski definition) is 2. The van der Waals surface area contributed by atoms with Gasteiger partial charge in [0.15, 0.2) is 5.75 Å². The molecule has 1 unspecified atom stereocenters. The second-order valence-electron chi connectivity index (χ2n) is 8.00. The van der Waals surface area contributed by atoms with Gasteiger partial charge in [-0.25, -0.2) is 9.59 Å². The molecule has 2 aromatic carbocycles. The van der Waals surface area contributed by atoms with Gasteiger partial charge in [-0.1, -0.05) is 43.2 Å². The van der Waals surface area contributed by atoms with Crippen molar-refractivity contribution in [3.05, 3.63) is 74.5 Å². The molecule has 35 heavy (non-hydrogen) atoms. The van der Waals surface area contributed by atoms with Crippen LogP contribution >= 0.6 is 0 Å². The first kappa shape index (κ1) is 25.5. The van der Waals surface area contributed by atoms with Crippen molar-refractivity contribution >= 4 is 17.7 Å². The highest BCUT2D eigenvalue weighted by atomic mass is 16.6. The Labute approximate surface area is 203 Å². The van der Waals surface area contributed by atoms with Gasteiger partial charge in [-0.15, -0.1) is 0 Å². The van der Waals surface area contributed by atoms with Crippen molar-refractivity contribution in [2.75, 3.05) is 13.7 Å². The van der Waals surface area contributed by atoms with Gasteiger partial charge in [-0.05, 0) is 37.5 Å². The van der Waals surface area contributed by atoms with Crippen LogP contribution in [0, 0.1) is 17.0 Å². The first-order valence-electron chi connectivity index (χ1n) is 11.3. The van der Waals surface area contributed by atoms with E-state index in [1.807, 2.05) is 38.1 Å². The maximum atomic E-state index is 12.8. The van der Waals surface area contributed by atoms with Gasteiger partial charge in [0.1, 0.15) is 6.61 Å².